The minimum atomic E-state index is -0.0956. The molecule has 1 amide bonds. The van der Waals surface area contributed by atoms with Gasteiger partial charge in [0.1, 0.15) is 6.10 Å². The molecule has 3 rings (SSSR count). The number of carbonyl (C=O) groups is 1. The Morgan fingerprint density at radius 1 is 1.20 bits per heavy atom. The first-order chi connectivity index (χ1) is 11.6. The van der Waals surface area contributed by atoms with E-state index in [2.05, 4.69) is 0 Å². The molecule has 1 aliphatic heterocycles. The fraction of sp³-hybridized carbons (Fsp3) is 0.316. The van der Waals surface area contributed by atoms with Crippen molar-refractivity contribution in [3.8, 4) is 0 Å². The summed E-state index contributed by atoms with van der Waals surface area (Å²) in [6.07, 6.45) is 1.03. The van der Waals surface area contributed by atoms with Gasteiger partial charge >= 0.3 is 0 Å². The SMILES string of the molecule is Cl.Nc1ccccc1CCC(=O)N1CCOC(c2ccc(Cl)cc2)C1. The summed E-state index contributed by atoms with van der Waals surface area (Å²) in [7, 11) is 0. The second-order valence-corrected chi connectivity index (χ2v) is 6.39. The maximum absolute atomic E-state index is 12.5. The lowest BCUT2D eigenvalue weighted by Crippen LogP contribution is -2.42. The van der Waals surface area contributed by atoms with Crippen LogP contribution in [0.15, 0.2) is 48.5 Å². The number of hydrogen-bond acceptors (Lipinski definition) is 3. The highest BCUT2D eigenvalue weighted by Crippen LogP contribution is 2.24. The summed E-state index contributed by atoms with van der Waals surface area (Å²) < 4.78 is 5.81. The minimum absolute atomic E-state index is 0. The maximum Gasteiger partial charge on any atom is 0.223 e. The first-order valence-corrected chi connectivity index (χ1v) is 8.49. The predicted molar refractivity (Wildman–Crippen MR) is 103 cm³/mol. The number of ether oxygens (including phenoxy) is 1. The third-order valence-electron chi connectivity index (χ3n) is 4.32. The number of halogens is 2. The van der Waals surface area contributed by atoms with Crippen LogP contribution < -0.4 is 5.73 Å². The van der Waals surface area contributed by atoms with Crippen LogP contribution in [0.4, 0.5) is 5.69 Å². The van der Waals surface area contributed by atoms with Gasteiger partial charge in [-0.15, -0.1) is 12.4 Å². The summed E-state index contributed by atoms with van der Waals surface area (Å²) in [6.45, 7) is 1.75. The van der Waals surface area contributed by atoms with Gasteiger partial charge in [0.25, 0.3) is 0 Å². The van der Waals surface area contributed by atoms with E-state index in [9.17, 15) is 4.79 Å². The predicted octanol–water partition coefficient (Wildman–Crippen LogP) is 3.88. The number of hydrogen-bond donors (Lipinski definition) is 1. The molecule has 0 aromatic heterocycles. The normalized spacial score (nSPS) is 17.0. The number of nitrogens with two attached hydrogens (primary N) is 1. The van der Waals surface area contributed by atoms with Gasteiger partial charge in [-0.1, -0.05) is 41.9 Å². The molecule has 2 aromatic rings. The Balaban J connectivity index is 0.00000225. The van der Waals surface area contributed by atoms with Gasteiger partial charge in [0.05, 0.1) is 13.2 Å². The molecule has 2 N–H and O–H groups in total. The lowest BCUT2D eigenvalue weighted by molar-refractivity contribution is -0.139. The lowest BCUT2D eigenvalue weighted by atomic mass is 10.1. The van der Waals surface area contributed by atoms with Gasteiger partial charge in [-0.3, -0.25) is 4.79 Å². The standard InChI is InChI=1S/C19H21ClN2O2.ClH/c20-16-8-5-15(6-9-16)18-13-22(11-12-24-18)19(23)10-7-14-3-1-2-4-17(14)21;/h1-6,8-9,18H,7,10-13,21H2;1H. The van der Waals surface area contributed by atoms with E-state index in [1.54, 1.807) is 0 Å². The number of aryl methyl sites for hydroxylation is 1. The average molecular weight is 381 g/mol. The van der Waals surface area contributed by atoms with E-state index in [0.29, 0.717) is 37.6 Å². The molecule has 0 radical (unpaired) electrons. The number of benzene rings is 2. The van der Waals surface area contributed by atoms with Crippen molar-refractivity contribution in [2.75, 3.05) is 25.4 Å². The zero-order valence-electron chi connectivity index (χ0n) is 13.9. The van der Waals surface area contributed by atoms with E-state index >= 15 is 0 Å². The van der Waals surface area contributed by atoms with E-state index in [1.807, 2.05) is 53.4 Å². The summed E-state index contributed by atoms with van der Waals surface area (Å²) in [5.74, 6) is 0.139. The van der Waals surface area contributed by atoms with Crippen molar-refractivity contribution >= 4 is 35.6 Å². The first kappa shape index (κ1) is 19.6. The molecule has 25 heavy (non-hydrogen) atoms. The molecule has 1 fully saturated rings. The molecule has 0 saturated carbocycles. The number of amides is 1. The van der Waals surface area contributed by atoms with Crippen LogP contribution in [-0.2, 0) is 16.0 Å². The molecule has 6 heteroatoms. The van der Waals surface area contributed by atoms with E-state index in [-0.39, 0.29) is 24.4 Å². The third-order valence-corrected chi connectivity index (χ3v) is 4.58. The van der Waals surface area contributed by atoms with Crippen LogP contribution in [-0.4, -0.2) is 30.5 Å². The van der Waals surface area contributed by atoms with Gasteiger partial charge in [0.2, 0.25) is 5.91 Å². The average Bonchev–Trinajstić information content (AvgIpc) is 2.61. The monoisotopic (exact) mass is 380 g/mol. The van der Waals surface area contributed by atoms with Crippen molar-refractivity contribution in [3.63, 3.8) is 0 Å². The smallest absolute Gasteiger partial charge is 0.223 e. The van der Waals surface area contributed by atoms with Gasteiger partial charge < -0.3 is 15.4 Å². The van der Waals surface area contributed by atoms with Crippen LogP contribution in [0.5, 0.6) is 0 Å². The fourth-order valence-electron chi connectivity index (χ4n) is 2.92. The number of carbonyl (C=O) groups excluding carboxylic acids is 1. The zero-order chi connectivity index (χ0) is 16.9. The van der Waals surface area contributed by atoms with Crippen molar-refractivity contribution in [2.45, 2.75) is 18.9 Å². The Kier molecular flexibility index (Phi) is 7.12. The number of morpholine rings is 1. The van der Waals surface area contributed by atoms with Crippen molar-refractivity contribution in [3.05, 3.63) is 64.7 Å². The van der Waals surface area contributed by atoms with Crippen molar-refractivity contribution in [1.82, 2.24) is 4.90 Å². The van der Waals surface area contributed by atoms with Gasteiger partial charge in [-0.25, -0.2) is 0 Å². The molecule has 1 saturated heterocycles. The highest BCUT2D eigenvalue weighted by Gasteiger charge is 2.25. The topological polar surface area (TPSA) is 55.6 Å². The highest BCUT2D eigenvalue weighted by molar-refractivity contribution is 6.30. The van der Waals surface area contributed by atoms with Crippen LogP contribution in [0, 0.1) is 0 Å². The van der Waals surface area contributed by atoms with Crippen LogP contribution in [0.3, 0.4) is 0 Å². The van der Waals surface area contributed by atoms with Crippen molar-refractivity contribution < 1.29 is 9.53 Å². The molecule has 1 aliphatic rings. The Hall–Kier alpha value is -1.75. The fourth-order valence-corrected chi connectivity index (χ4v) is 3.04. The molecule has 1 heterocycles. The minimum Gasteiger partial charge on any atom is -0.399 e. The molecule has 4 nitrogen and oxygen atoms in total. The second kappa shape index (κ2) is 9.09. The van der Waals surface area contributed by atoms with E-state index in [0.717, 1.165) is 16.8 Å². The van der Waals surface area contributed by atoms with Crippen LogP contribution in [0.2, 0.25) is 5.02 Å². The number of anilines is 1. The lowest BCUT2D eigenvalue weighted by Gasteiger charge is -2.33. The summed E-state index contributed by atoms with van der Waals surface area (Å²) in [4.78, 5) is 14.4. The number of para-hydroxylation sites is 1. The van der Waals surface area contributed by atoms with Gasteiger partial charge in [-0.2, -0.15) is 0 Å². The number of nitrogen functional groups attached to an aromatic ring is 1. The van der Waals surface area contributed by atoms with Crippen LogP contribution in [0.1, 0.15) is 23.7 Å². The molecular weight excluding hydrogens is 359 g/mol. The largest absolute Gasteiger partial charge is 0.399 e. The zero-order valence-corrected chi connectivity index (χ0v) is 15.4. The van der Waals surface area contributed by atoms with Gasteiger partial charge in [0, 0.05) is 23.7 Å². The molecule has 1 unspecified atom stereocenters. The summed E-state index contributed by atoms with van der Waals surface area (Å²) in [6, 6.07) is 15.3. The summed E-state index contributed by atoms with van der Waals surface area (Å²) >= 11 is 5.93. The van der Waals surface area contributed by atoms with Gasteiger partial charge in [0.15, 0.2) is 0 Å². The molecule has 1 atom stereocenters. The third kappa shape index (κ3) is 5.11. The van der Waals surface area contributed by atoms with Gasteiger partial charge in [-0.05, 0) is 35.7 Å². The Labute approximate surface area is 159 Å². The van der Waals surface area contributed by atoms with Crippen molar-refractivity contribution in [2.24, 2.45) is 0 Å². The van der Waals surface area contributed by atoms with E-state index < -0.39 is 0 Å². The summed E-state index contributed by atoms with van der Waals surface area (Å²) in [5, 5.41) is 0.697. The van der Waals surface area contributed by atoms with Crippen molar-refractivity contribution in [1.29, 1.82) is 0 Å². The second-order valence-electron chi connectivity index (χ2n) is 5.95. The molecular formula is C19H22Cl2N2O2. The highest BCUT2D eigenvalue weighted by atomic mass is 35.5. The number of rotatable bonds is 4. The quantitative estimate of drug-likeness (QED) is 0.818. The molecule has 134 valence electrons. The van der Waals surface area contributed by atoms with Crippen LogP contribution >= 0.6 is 24.0 Å². The first-order valence-electron chi connectivity index (χ1n) is 8.11. The molecule has 0 bridgehead atoms. The Bertz CT molecular complexity index is 707. The summed E-state index contributed by atoms with van der Waals surface area (Å²) in [5.41, 5.74) is 8.75. The van der Waals surface area contributed by atoms with Crippen LogP contribution in [0.25, 0.3) is 0 Å². The maximum atomic E-state index is 12.5. The number of nitrogens with zero attached hydrogens (tertiary/aromatic N) is 1. The Morgan fingerprint density at radius 3 is 2.64 bits per heavy atom. The Morgan fingerprint density at radius 2 is 1.92 bits per heavy atom. The molecule has 0 spiro atoms. The van der Waals surface area contributed by atoms with E-state index in [4.69, 9.17) is 22.1 Å². The molecule has 0 aliphatic carbocycles. The molecule has 2 aromatic carbocycles. The van der Waals surface area contributed by atoms with E-state index in [1.165, 1.54) is 0 Å².